The summed E-state index contributed by atoms with van der Waals surface area (Å²) in [4.78, 5) is 1.34. The topological polar surface area (TPSA) is 51.5 Å². The number of hydrogen-bond acceptors (Lipinski definition) is 4. The van der Waals surface area contributed by atoms with Gasteiger partial charge in [-0.25, -0.2) is 4.21 Å². The number of hydrogen-bond donors (Lipinski definition) is 1. The number of ether oxygens (including phenoxy) is 1. The predicted octanol–water partition coefficient (Wildman–Crippen LogP) is 3.91. The quantitative estimate of drug-likeness (QED) is 0.768. The lowest BCUT2D eigenvalue weighted by Gasteiger charge is -2.11. The molecule has 0 radical (unpaired) electrons. The van der Waals surface area contributed by atoms with Crippen molar-refractivity contribution in [1.29, 1.82) is 0 Å². The van der Waals surface area contributed by atoms with Crippen LogP contribution in [-0.2, 0) is 23.8 Å². The van der Waals surface area contributed by atoms with Crippen LogP contribution in [0.2, 0.25) is 5.02 Å². The van der Waals surface area contributed by atoms with E-state index in [1.54, 1.807) is 31.4 Å². The first-order chi connectivity index (χ1) is 11.7. The highest BCUT2D eigenvalue weighted by Gasteiger charge is 2.22. The second kappa shape index (κ2) is 6.24. The molecule has 4 rings (SSSR count). The van der Waals surface area contributed by atoms with E-state index in [0.717, 1.165) is 41.8 Å². The van der Waals surface area contributed by atoms with Crippen LogP contribution in [-0.4, -0.2) is 17.9 Å². The highest BCUT2D eigenvalue weighted by Crippen LogP contribution is 2.37. The fourth-order valence-corrected chi connectivity index (χ4v) is 4.43. The minimum Gasteiger partial charge on any atom is -0.493 e. The van der Waals surface area contributed by atoms with E-state index in [4.69, 9.17) is 20.8 Å². The molecule has 3 aromatic rings. The summed E-state index contributed by atoms with van der Waals surface area (Å²) < 4.78 is 24.4. The van der Waals surface area contributed by atoms with Gasteiger partial charge in [-0.05, 0) is 24.3 Å². The van der Waals surface area contributed by atoms with E-state index in [-0.39, 0.29) is 0 Å². The van der Waals surface area contributed by atoms with Gasteiger partial charge in [-0.1, -0.05) is 17.7 Å². The largest absolute Gasteiger partial charge is 0.493 e. The Hall–Kier alpha value is -1.82. The van der Waals surface area contributed by atoms with Gasteiger partial charge < -0.3 is 14.5 Å². The number of rotatable bonds is 3. The van der Waals surface area contributed by atoms with Crippen LogP contribution in [0, 0.1) is 0 Å². The third-order valence-electron chi connectivity index (χ3n) is 4.19. The highest BCUT2D eigenvalue weighted by molar-refractivity contribution is 7.85. The number of furan rings is 1. The van der Waals surface area contributed by atoms with Crippen molar-refractivity contribution in [1.82, 2.24) is 5.32 Å². The Labute approximate surface area is 147 Å². The molecule has 1 aromatic heterocycles. The molecule has 2 aromatic carbocycles. The summed E-state index contributed by atoms with van der Waals surface area (Å²) in [6.07, 6.45) is 0.847. The first-order valence-corrected chi connectivity index (χ1v) is 9.20. The smallest absolute Gasteiger partial charge is 0.176 e. The van der Waals surface area contributed by atoms with Gasteiger partial charge in [0.15, 0.2) is 11.3 Å². The van der Waals surface area contributed by atoms with E-state index in [1.165, 1.54) is 0 Å². The molecule has 24 heavy (non-hydrogen) atoms. The van der Waals surface area contributed by atoms with Crippen LogP contribution in [0.3, 0.4) is 0 Å². The number of methoxy groups -OCH3 is 1. The van der Waals surface area contributed by atoms with Gasteiger partial charge in [0.05, 0.1) is 17.9 Å². The van der Waals surface area contributed by atoms with Gasteiger partial charge in [-0.15, -0.1) is 0 Å². The Kier molecular flexibility index (Phi) is 4.08. The lowest BCUT2D eigenvalue weighted by atomic mass is 10.1. The molecule has 2 heterocycles. The van der Waals surface area contributed by atoms with Crippen molar-refractivity contribution in [3.63, 3.8) is 0 Å². The summed E-state index contributed by atoms with van der Waals surface area (Å²) >= 11 is 6.02. The Morgan fingerprint density at radius 1 is 1.25 bits per heavy atom. The van der Waals surface area contributed by atoms with E-state index >= 15 is 0 Å². The van der Waals surface area contributed by atoms with Crippen molar-refractivity contribution < 1.29 is 13.4 Å². The van der Waals surface area contributed by atoms with Crippen molar-refractivity contribution in [3.8, 4) is 5.75 Å². The maximum atomic E-state index is 13.0. The van der Waals surface area contributed by atoms with Crippen LogP contribution in [0.1, 0.15) is 11.3 Å². The molecule has 0 aliphatic carbocycles. The Bertz CT molecular complexity index is 951. The fourth-order valence-electron chi connectivity index (χ4n) is 3.03. The zero-order valence-corrected chi connectivity index (χ0v) is 14.7. The van der Waals surface area contributed by atoms with Gasteiger partial charge in [0.2, 0.25) is 0 Å². The van der Waals surface area contributed by atoms with Crippen LogP contribution in [0.4, 0.5) is 0 Å². The zero-order valence-electron chi connectivity index (χ0n) is 13.1. The summed E-state index contributed by atoms with van der Waals surface area (Å²) in [6.45, 7) is 1.65. The molecule has 1 aliphatic heterocycles. The summed E-state index contributed by atoms with van der Waals surface area (Å²) in [6, 6.07) is 10.8. The van der Waals surface area contributed by atoms with Crippen LogP contribution in [0.5, 0.6) is 5.75 Å². The fraction of sp³-hybridized carbons (Fsp3) is 0.222. The van der Waals surface area contributed by atoms with Crippen LogP contribution < -0.4 is 10.1 Å². The van der Waals surface area contributed by atoms with Gasteiger partial charge >= 0.3 is 0 Å². The molecular weight excluding hydrogens is 346 g/mol. The van der Waals surface area contributed by atoms with Gasteiger partial charge in [0.1, 0.15) is 5.76 Å². The predicted molar refractivity (Wildman–Crippen MR) is 94.3 cm³/mol. The molecule has 0 saturated heterocycles. The lowest BCUT2D eigenvalue weighted by molar-refractivity contribution is 0.405. The van der Waals surface area contributed by atoms with Crippen molar-refractivity contribution >= 4 is 33.4 Å². The highest BCUT2D eigenvalue weighted by atomic mass is 35.5. The van der Waals surface area contributed by atoms with Crippen molar-refractivity contribution in [2.45, 2.75) is 22.8 Å². The molecule has 6 heteroatoms. The minimum atomic E-state index is -1.34. The first-order valence-electron chi connectivity index (χ1n) is 7.67. The van der Waals surface area contributed by atoms with Crippen molar-refractivity contribution in [2.75, 3.05) is 13.7 Å². The lowest BCUT2D eigenvalue weighted by Crippen LogP contribution is -2.22. The van der Waals surface area contributed by atoms with E-state index in [9.17, 15) is 4.21 Å². The summed E-state index contributed by atoms with van der Waals surface area (Å²) in [5, 5.41) is 4.88. The van der Waals surface area contributed by atoms with Gasteiger partial charge in [0, 0.05) is 51.3 Å². The second-order valence-corrected chi connectivity index (χ2v) is 7.58. The molecule has 1 unspecified atom stereocenters. The molecule has 124 valence electrons. The number of benzene rings is 2. The molecule has 0 spiro atoms. The molecular formula is C18H16ClNO3S. The van der Waals surface area contributed by atoms with Crippen LogP contribution >= 0.6 is 11.6 Å². The van der Waals surface area contributed by atoms with Gasteiger partial charge in [-0.2, -0.15) is 0 Å². The average Bonchev–Trinajstić information content (AvgIpc) is 2.99. The summed E-state index contributed by atoms with van der Waals surface area (Å²) in [5.74, 6) is 1.58. The summed E-state index contributed by atoms with van der Waals surface area (Å²) in [5.41, 5.74) is 1.84. The Morgan fingerprint density at radius 2 is 2.12 bits per heavy atom. The zero-order chi connectivity index (χ0) is 16.7. The molecule has 4 nitrogen and oxygen atoms in total. The number of nitrogens with one attached hydrogen (secondary N) is 1. The SMILES string of the molecule is COc1cc(S(=O)c2cccc(Cl)c2)cc2c3c(oc12)CCNC3. The minimum absolute atomic E-state index is 0.568. The second-order valence-electron chi connectivity index (χ2n) is 5.66. The van der Waals surface area contributed by atoms with Crippen LogP contribution in [0.25, 0.3) is 11.0 Å². The first kappa shape index (κ1) is 15.7. The van der Waals surface area contributed by atoms with Crippen LogP contribution in [0.15, 0.2) is 50.6 Å². The Morgan fingerprint density at radius 3 is 2.92 bits per heavy atom. The monoisotopic (exact) mass is 361 g/mol. The third-order valence-corrected chi connectivity index (χ3v) is 5.77. The molecule has 0 bridgehead atoms. The normalized spacial score (nSPS) is 15.2. The Balaban J connectivity index is 1.88. The van der Waals surface area contributed by atoms with E-state index in [1.807, 2.05) is 12.1 Å². The van der Waals surface area contributed by atoms with Crippen molar-refractivity contribution in [3.05, 3.63) is 52.7 Å². The van der Waals surface area contributed by atoms with E-state index < -0.39 is 10.8 Å². The average molecular weight is 362 g/mol. The van der Waals surface area contributed by atoms with E-state index in [0.29, 0.717) is 20.6 Å². The van der Waals surface area contributed by atoms with Crippen molar-refractivity contribution in [2.24, 2.45) is 0 Å². The van der Waals surface area contributed by atoms with Gasteiger partial charge in [0.25, 0.3) is 0 Å². The summed E-state index contributed by atoms with van der Waals surface area (Å²) in [7, 11) is 0.261. The molecule has 1 N–H and O–H groups in total. The number of fused-ring (bicyclic) bond motifs is 3. The van der Waals surface area contributed by atoms with E-state index in [2.05, 4.69) is 5.32 Å². The third kappa shape index (κ3) is 2.62. The van der Waals surface area contributed by atoms with Gasteiger partial charge in [-0.3, -0.25) is 0 Å². The molecule has 0 fully saturated rings. The maximum absolute atomic E-state index is 13.0. The molecule has 0 amide bonds. The number of halogens is 1. The molecule has 1 aliphatic rings. The standard InChI is InChI=1S/C18H16ClNO3S/c1-22-17-9-13(24(21)12-4-2-3-11(19)7-12)8-14-15-10-20-6-5-16(15)23-18(14)17/h2-4,7-9,20H,5-6,10H2,1H3. The molecule has 1 atom stereocenters. The maximum Gasteiger partial charge on any atom is 0.176 e. The molecule has 0 saturated carbocycles.